The van der Waals surface area contributed by atoms with Gasteiger partial charge in [-0.05, 0) is 104 Å². The Morgan fingerprint density at radius 1 is 0.917 bits per heavy atom. The fourth-order valence-electron chi connectivity index (χ4n) is 11.2. The van der Waals surface area contributed by atoms with Crippen LogP contribution in [0.2, 0.25) is 0 Å². The first-order valence-corrected chi connectivity index (χ1v) is 14.8. The number of rotatable bonds is 2. The molecular formula is C32H50O4. The molecule has 0 amide bonds. The predicted molar refractivity (Wildman–Crippen MR) is 142 cm³/mol. The molecule has 0 heterocycles. The third-order valence-corrected chi connectivity index (χ3v) is 13.7. The molecule has 0 aromatic rings. The van der Waals surface area contributed by atoms with Crippen LogP contribution in [0.1, 0.15) is 113 Å². The summed E-state index contributed by atoms with van der Waals surface area (Å²) in [4.78, 5) is 24.7. The molecule has 0 bridgehead atoms. The van der Waals surface area contributed by atoms with Crippen LogP contribution in [-0.2, 0) is 14.3 Å². The van der Waals surface area contributed by atoms with E-state index in [2.05, 4.69) is 54.5 Å². The van der Waals surface area contributed by atoms with Gasteiger partial charge >= 0.3 is 11.9 Å². The molecule has 36 heavy (non-hydrogen) atoms. The number of allylic oxidation sites excluding steroid dienone is 2. The van der Waals surface area contributed by atoms with Crippen molar-refractivity contribution in [3.8, 4) is 0 Å². The number of hydrogen-bond donors (Lipinski definition) is 1. The zero-order valence-corrected chi connectivity index (χ0v) is 24.1. The Labute approximate surface area is 219 Å². The van der Waals surface area contributed by atoms with E-state index in [4.69, 9.17) is 4.74 Å². The third-order valence-electron chi connectivity index (χ3n) is 13.7. The van der Waals surface area contributed by atoms with Gasteiger partial charge in [-0.1, -0.05) is 60.1 Å². The molecule has 0 saturated heterocycles. The molecule has 1 N–H and O–H groups in total. The number of carbonyl (C=O) groups excluding carboxylic acids is 1. The van der Waals surface area contributed by atoms with Crippen molar-refractivity contribution in [2.45, 2.75) is 119 Å². The first kappa shape index (κ1) is 26.3. The summed E-state index contributed by atoms with van der Waals surface area (Å²) in [5, 5.41) is 10.6. The van der Waals surface area contributed by atoms with Crippen LogP contribution in [0, 0.1) is 56.7 Å². The molecule has 0 radical (unpaired) electrons. The van der Waals surface area contributed by atoms with Crippen molar-refractivity contribution in [1.29, 1.82) is 0 Å². The van der Waals surface area contributed by atoms with Gasteiger partial charge in [0.15, 0.2) is 0 Å². The highest BCUT2D eigenvalue weighted by atomic mass is 16.5. The monoisotopic (exact) mass is 498 g/mol. The summed E-state index contributed by atoms with van der Waals surface area (Å²) in [5.41, 5.74) is 1.30. The van der Waals surface area contributed by atoms with Crippen LogP contribution in [0.3, 0.4) is 0 Å². The molecule has 0 aliphatic heterocycles. The van der Waals surface area contributed by atoms with Gasteiger partial charge in [0.2, 0.25) is 0 Å². The van der Waals surface area contributed by atoms with Crippen LogP contribution >= 0.6 is 0 Å². The number of ether oxygens (including phenoxy) is 1. The fourth-order valence-corrected chi connectivity index (χ4v) is 11.2. The average Bonchev–Trinajstić information content (AvgIpc) is 2.78. The summed E-state index contributed by atoms with van der Waals surface area (Å²) in [6.07, 6.45) is 11.7. The smallest absolute Gasteiger partial charge is 0.310 e. The van der Waals surface area contributed by atoms with Crippen LogP contribution in [-0.4, -0.2) is 23.1 Å². The molecule has 4 nitrogen and oxygen atoms in total. The summed E-state index contributed by atoms with van der Waals surface area (Å²) in [5.74, 6) is 1.53. The second-order valence-corrected chi connectivity index (χ2v) is 15.1. The molecule has 4 unspecified atom stereocenters. The topological polar surface area (TPSA) is 63.6 Å². The van der Waals surface area contributed by atoms with Crippen molar-refractivity contribution in [1.82, 2.24) is 0 Å². The minimum Gasteiger partial charge on any atom is -0.481 e. The van der Waals surface area contributed by atoms with Gasteiger partial charge in [0.05, 0.1) is 5.41 Å². The highest BCUT2D eigenvalue weighted by Crippen LogP contribution is 2.75. The number of esters is 1. The van der Waals surface area contributed by atoms with Crippen molar-refractivity contribution in [2.24, 2.45) is 56.7 Å². The Hall–Kier alpha value is -1.32. The lowest BCUT2D eigenvalue weighted by Gasteiger charge is -2.71. The first-order valence-electron chi connectivity index (χ1n) is 14.8. The molecular weight excluding hydrogens is 448 g/mol. The van der Waals surface area contributed by atoms with Crippen LogP contribution < -0.4 is 0 Å². The standard InChI is InChI=1S/C32H50O4/c1-19-11-16-32(27(34)35)18-17-30(7)22(26(32)20(19)2)9-10-24-29(6)14-13-25(36-21(3)33)28(4,5)23(29)12-15-31(24,30)8/h9,19-20,23-26H,10-18H2,1-8H3,(H,34,35)/t19?,20-,23?,24?,25-,26?,29-,30+,31+,32-/m0/s1. The highest BCUT2D eigenvalue weighted by molar-refractivity contribution is 5.76. The second kappa shape index (κ2) is 8.09. The van der Waals surface area contributed by atoms with Crippen LogP contribution in [0.5, 0.6) is 0 Å². The van der Waals surface area contributed by atoms with E-state index in [9.17, 15) is 14.7 Å². The van der Waals surface area contributed by atoms with Gasteiger partial charge in [0.25, 0.3) is 0 Å². The van der Waals surface area contributed by atoms with E-state index >= 15 is 0 Å². The maximum Gasteiger partial charge on any atom is 0.310 e. The van der Waals surface area contributed by atoms with Gasteiger partial charge in [0, 0.05) is 12.3 Å². The molecule has 5 aliphatic carbocycles. The molecule has 4 fully saturated rings. The second-order valence-electron chi connectivity index (χ2n) is 15.1. The SMILES string of the molecule is CC(=O)O[C@H]1CC[C@@]2(C)C(CC[C@]3(C)C2CC=C2C4[C@@H](C)C(C)CC[C@]4(C(=O)O)CC[C@]23C)C1(C)C. The Bertz CT molecular complexity index is 981. The molecule has 4 heteroatoms. The minimum absolute atomic E-state index is 0.00171. The summed E-state index contributed by atoms with van der Waals surface area (Å²) in [6.45, 7) is 18.5. The molecule has 5 rings (SSSR count). The van der Waals surface area contributed by atoms with Crippen molar-refractivity contribution in [3.05, 3.63) is 11.6 Å². The first-order chi connectivity index (χ1) is 16.6. The van der Waals surface area contributed by atoms with Crippen molar-refractivity contribution in [3.63, 3.8) is 0 Å². The number of carbonyl (C=O) groups is 2. The van der Waals surface area contributed by atoms with E-state index in [1.54, 1.807) is 6.92 Å². The van der Waals surface area contributed by atoms with Gasteiger partial charge in [-0.15, -0.1) is 0 Å². The van der Waals surface area contributed by atoms with Gasteiger partial charge in [-0.3, -0.25) is 9.59 Å². The largest absolute Gasteiger partial charge is 0.481 e. The summed E-state index contributed by atoms with van der Waals surface area (Å²) in [7, 11) is 0. The fraction of sp³-hybridized carbons (Fsp3) is 0.875. The Kier molecular flexibility index (Phi) is 5.91. The van der Waals surface area contributed by atoms with E-state index in [1.165, 1.54) is 12.0 Å². The Morgan fingerprint density at radius 3 is 2.25 bits per heavy atom. The average molecular weight is 499 g/mol. The van der Waals surface area contributed by atoms with E-state index in [1.807, 2.05) is 0 Å². The van der Waals surface area contributed by atoms with Gasteiger partial charge in [-0.25, -0.2) is 0 Å². The van der Waals surface area contributed by atoms with Gasteiger partial charge in [0.1, 0.15) is 6.10 Å². The van der Waals surface area contributed by atoms with E-state index < -0.39 is 11.4 Å². The summed E-state index contributed by atoms with van der Waals surface area (Å²) in [6, 6.07) is 0. The normalized spacial score (nSPS) is 51.5. The molecule has 202 valence electrons. The van der Waals surface area contributed by atoms with Crippen molar-refractivity contribution in [2.75, 3.05) is 0 Å². The van der Waals surface area contributed by atoms with Crippen molar-refractivity contribution < 1.29 is 19.4 Å². The van der Waals surface area contributed by atoms with Gasteiger partial charge < -0.3 is 9.84 Å². The molecule has 0 aromatic carbocycles. The van der Waals surface area contributed by atoms with Crippen LogP contribution in [0.25, 0.3) is 0 Å². The zero-order chi connectivity index (χ0) is 26.5. The number of aliphatic carboxylic acids is 1. The molecule has 4 saturated carbocycles. The van der Waals surface area contributed by atoms with E-state index in [0.29, 0.717) is 23.7 Å². The lowest BCUT2D eigenvalue weighted by atomic mass is 9.33. The number of carboxylic acids is 1. The predicted octanol–water partition coefficient (Wildman–Crippen LogP) is 7.66. The minimum atomic E-state index is -0.578. The third kappa shape index (κ3) is 3.17. The Balaban J connectivity index is 1.56. The van der Waals surface area contributed by atoms with E-state index in [-0.39, 0.29) is 39.7 Å². The van der Waals surface area contributed by atoms with Crippen LogP contribution in [0.15, 0.2) is 11.6 Å². The molecule has 0 spiro atoms. The quantitative estimate of drug-likeness (QED) is 0.313. The summed E-state index contributed by atoms with van der Waals surface area (Å²) < 4.78 is 5.88. The number of fused-ring (bicyclic) bond motifs is 7. The molecule has 10 atom stereocenters. The number of hydrogen-bond acceptors (Lipinski definition) is 3. The lowest BCUT2D eigenvalue weighted by molar-refractivity contribution is -0.214. The maximum atomic E-state index is 12.9. The van der Waals surface area contributed by atoms with E-state index in [0.717, 1.165) is 51.4 Å². The van der Waals surface area contributed by atoms with Gasteiger partial charge in [-0.2, -0.15) is 0 Å². The number of carboxylic acid groups (broad SMARTS) is 1. The van der Waals surface area contributed by atoms with Crippen molar-refractivity contribution >= 4 is 11.9 Å². The highest BCUT2D eigenvalue weighted by Gasteiger charge is 2.69. The lowest BCUT2D eigenvalue weighted by Crippen LogP contribution is -2.65. The molecule has 5 aliphatic rings. The summed E-state index contributed by atoms with van der Waals surface area (Å²) >= 11 is 0. The Morgan fingerprint density at radius 2 is 1.61 bits per heavy atom. The van der Waals surface area contributed by atoms with Crippen LogP contribution in [0.4, 0.5) is 0 Å². The zero-order valence-electron chi connectivity index (χ0n) is 24.1. The molecule has 0 aromatic heterocycles. The maximum absolute atomic E-state index is 12.9.